The summed E-state index contributed by atoms with van der Waals surface area (Å²) in [5.41, 5.74) is -0.401. The van der Waals surface area contributed by atoms with E-state index in [1.165, 1.54) is 4.90 Å². The molecule has 0 aliphatic rings. The molecule has 0 radical (unpaired) electrons. The molecule has 0 unspecified atom stereocenters. The zero-order chi connectivity index (χ0) is 12.9. The number of hydrogen-bond acceptors (Lipinski definition) is 3. The number of aliphatic carboxylic acids is 1. The fourth-order valence-electron chi connectivity index (χ4n) is 1.07. The highest BCUT2D eigenvalue weighted by Gasteiger charge is 2.21. The fourth-order valence-corrected chi connectivity index (χ4v) is 1.07. The van der Waals surface area contributed by atoms with E-state index in [4.69, 9.17) is 9.84 Å². The van der Waals surface area contributed by atoms with Crippen LogP contribution >= 0.6 is 0 Å². The number of rotatable bonds is 5. The van der Waals surface area contributed by atoms with Crippen molar-refractivity contribution < 1.29 is 19.4 Å². The number of carboxylic acids is 1. The third-order valence-electron chi connectivity index (χ3n) is 1.88. The minimum absolute atomic E-state index is 0.0883. The molecule has 5 nitrogen and oxygen atoms in total. The molecule has 0 aromatic rings. The first kappa shape index (κ1) is 14.9. The van der Waals surface area contributed by atoms with Crippen LogP contribution in [0.25, 0.3) is 0 Å². The van der Waals surface area contributed by atoms with Crippen molar-refractivity contribution >= 4 is 11.9 Å². The van der Waals surface area contributed by atoms with Gasteiger partial charge in [0.2, 0.25) is 5.91 Å². The molecule has 0 spiro atoms. The average molecular weight is 231 g/mol. The van der Waals surface area contributed by atoms with Gasteiger partial charge in [-0.3, -0.25) is 9.59 Å². The van der Waals surface area contributed by atoms with Gasteiger partial charge < -0.3 is 14.7 Å². The highest BCUT2D eigenvalue weighted by Crippen LogP contribution is 2.08. The Bertz CT molecular complexity index is 255. The standard InChI is InChI=1S/C11H21NO4/c1-8(2)12(6-10(14)15)9(13)7-16-11(3,4)5/h8H,6-7H2,1-5H3,(H,14,15). The SMILES string of the molecule is CC(C)N(CC(=O)O)C(=O)COC(C)(C)C. The van der Waals surface area contributed by atoms with Gasteiger partial charge in [0.25, 0.3) is 0 Å². The summed E-state index contributed by atoms with van der Waals surface area (Å²) in [4.78, 5) is 23.6. The molecule has 0 saturated carbocycles. The van der Waals surface area contributed by atoms with Gasteiger partial charge in [-0.2, -0.15) is 0 Å². The lowest BCUT2D eigenvalue weighted by Crippen LogP contribution is -2.43. The number of carbonyl (C=O) groups excluding carboxylic acids is 1. The first-order valence-corrected chi connectivity index (χ1v) is 5.28. The van der Waals surface area contributed by atoms with Crippen molar-refractivity contribution in [3.63, 3.8) is 0 Å². The van der Waals surface area contributed by atoms with Crippen molar-refractivity contribution in [2.75, 3.05) is 13.2 Å². The van der Waals surface area contributed by atoms with Crippen molar-refractivity contribution in [1.82, 2.24) is 4.90 Å². The Hall–Kier alpha value is -1.10. The van der Waals surface area contributed by atoms with Crippen LogP contribution in [0.2, 0.25) is 0 Å². The number of hydrogen-bond donors (Lipinski definition) is 1. The summed E-state index contributed by atoms with van der Waals surface area (Å²) in [7, 11) is 0. The lowest BCUT2D eigenvalue weighted by Gasteiger charge is -2.27. The third kappa shape index (κ3) is 6.40. The van der Waals surface area contributed by atoms with Crippen LogP contribution in [0.1, 0.15) is 34.6 Å². The van der Waals surface area contributed by atoms with Gasteiger partial charge in [0, 0.05) is 6.04 Å². The van der Waals surface area contributed by atoms with E-state index in [-0.39, 0.29) is 25.1 Å². The molecule has 94 valence electrons. The molecule has 5 heteroatoms. The van der Waals surface area contributed by atoms with Gasteiger partial charge in [-0.05, 0) is 34.6 Å². The molecular weight excluding hydrogens is 210 g/mol. The first-order valence-electron chi connectivity index (χ1n) is 5.28. The second-order valence-corrected chi connectivity index (χ2v) is 4.91. The van der Waals surface area contributed by atoms with Crippen LogP contribution in [-0.4, -0.2) is 46.7 Å². The zero-order valence-electron chi connectivity index (χ0n) is 10.6. The van der Waals surface area contributed by atoms with Gasteiger partial charge in [-0.1, -0.05) is 0 Å². The molecule has 0 rings (SSSR count). The van der Waals surface area contributed by atoms with Gasteiger partial charge in [0.1, 0.15) is 13.2 Å². The summed E-state index contributed by atoms with van der Waals surface area (Å²) in [6, 6.07) is -0.146. The van der Waals surface area contributed by atoms with Crippen molar-refractivity contribution in [2.45, 2.75) is 46.3 Å². The molecule has 1 N–H and O–H groups in total. The van der Waals surface area contributed by atoms with Crippen LogP contribution < -0.4 is 0 Å². The van der Waals surface area contributed by atoms with E-state index >= 15 is 0 Å². The summed E-state index contributed by atoms with van der Waals surface area (Å²) < 4.78 is 5.32. The molecule has 0 atom stereocenters. The van der Waals surface area contributed by atoms with Crippen LogP contribution in [-0.2, 0) is 14.3 Å². The van der Waals surface area contributed by atoms with E-state index in [0.717, 1.165) is 0 Å². The van der Waals surface area contributed by atoms with Crippen LogP contribution in [0, 0.1) is 0 Å². The van der Waals surface area contributed by atoms with E-state index in [0.29, 0.717) is 0 Å². The Morgan fingerprint density at radius 3 is 2.12 bits per heavy atom. The van der Waals surface area contributed by atoms with Crippen LogP contribution in [0.3, 0.4) is 0 Å². The minimum atomic E-state index is -1.02. The smallest absolute Gasteiger partial charge is 0.323 e. The predicted molar refractivity (Wildman–Crippen MR) is 60.2 cm³/mol. The molecule has 16 heavy (non-hydrogen) atoms. The van der Waals surface area contributed by atoms with E-state index in [9.17, 15) is 9.59 Å². The second kappa shape index (κ2) is 5.84. The highest BCUT2D eigenvalue weighted by atomic mass is 16.5. The van der Waals surface area contributed by atoms with Crippen LogP contribution in [0.5, 0.6) is 0 Å². The van der Waals surface area contributed by atoms with Crippen molar-refractivity contribution in [2.24, 2.45) is 0 Å². The Balaban J connectivity index is 4.34. The third-order valence-corrected chi connectivity index (χ3v) is 1.88. The monoisotopic (exact) mass is 231 g/mol. The highest BCUT2D eigenvalue weighted by molar-refractivity contribution is 5.82. The van der Waals surface area contributed by atoms with E-state index in [1.54, 1.807) is 13.8 Å². The molecule has 0 heterocycles. The van der Waals surface area contributed by atoms with E-state index in [1.807, 2.05) is 20.8 Å². The molecular formula is C11H21NO4. The Morgan fingerprint density at radius 1 is 1.31 bits per heavy atom. The van der Waals surface area contributed by atoms with Crippen molar-refractivity contribution in [3.8, 4) is 0 Å². The first-order chi connectivity index (χ1) is 7.13. The lowest BCUT2D eigenvalue weighted by molar-refractivity contribution is -0.150. The summed E-state index contributed by atoms with van der Waals surface area (Å²) in [5.74, 6) is -1.31. The fraction of sp³-hybridized carbons (Fsp3) is 0.818. The Morgan fingerprint density at radius 2 is 1.81 bits per heavy atom. The van der Waals surface area contributed by atoms with Gasteiger partial charge in [0.05, 0.1) is 5.60 Å². The molecule has 0 aliphatic carbocycles. The second-order valence-electron chi connectivity index (χ2n) is 4.91. The minimum Gasteiger partial charge on any atom is -0.480 e. The van der Waals surface area contributed by atoms with Crippen LogP contribution in [0.4, 0.5) is 0 Å². The number of nitrogens with zero attached hydrogens (tertiary/aromatic N) is 1. The summed E-state index contributed by atoms with van der Waals surface area (Å²) in [6.07, 6.45) is 0. The topological polar surface area (TPSA) is 66.8 Å². The largest absolute Gasteiger partial charge is 0.480 e. The average Bonchev–Trinajstić information content (AvgIpc) is 2.08. The summed E-state index contributed by atoms with van der Waals surface area (Å²) in [5, 5.41) is 8.68. The summed E-state index contributed by atoms with van der Waals surface area (Å²) >= 11 is 0. The van der Waals surface area contributed by atoms with Gasteiger partial charge in [0.15, 0.2) is 0 Å². The number of amides is 1. The Kier molecular flexibility index (Phi) is 5.44. The van der Waals surface area contributed by atoms with Crippen molar-refractivity contribution in [1.29, 1.82) is 0 Å². The lowest BCUT2D eigenvalue weighted by atomic mass is 10.2. The number of carbonyl (C=O) groups is 2. The zero-order valence-corrected chi connectivity index (χ0v) is 10.6. The van der Waals surface area contributed by atoms with Gasteiger partial charge in [-0.15, -0.1) is 0 Å². The quantitative estimate of drug-likeness (QED) is 0.770. The normalized spacial score (nSPS) is 11.6. The molecule has 0 fully saturated rings. The predicted octanol–water partition coefficient (Wildman–Crippen LogP) is 1.12. The summed E-state index contributed by atoms with van der Waals surface area (Å²) in [6.45, 7) is 8.71. The Labute approximate surface area is 96.4 Å². The molecule has 0 aromatic heterocycles. The maximum Gasteiger partial charge on any atom is 0.323 e. The van der Waals surface area contributed by atoms with Gasteiger partial charge >= 0.3 is 5.97 Å². The van der Waals surface area contributed by atoms with E-state index < -0.39 is 11.6 Å². The maximum absolute atomic E-state index is 11.7. The molecule has 0 aliphatic heterocycles. The van der Waals surface area contributed by atoms with Gasteiger partial charge in [-0.25, -0.2) is 0 Å². The van der Waals surface area contributed by atoms with E-state index in [2.05, 4.69) is 0 Å². The van der Waals surface area contributed by atoms with Crippen molar-refractivity contribution in [3.05, 3.63) is 0 Å². The maximum atomic E-state index is 11.7. The molecule has 0 aromatic carbocycles. The molecule has 0 saturated heterocycles. The number of carboxylic acid groups (broad SMARTS) is 1. The number of ether oxygens (including phenoxy) is 1. The van der Waals surface area contributed by atoms with Crippen LogP contribution in [0.15, 0.2) is 0 Å². The molecule has 0 bridgehead atoms. The molecule has 1 amide bonds.